The highest BCUT2D eigenvalue weighted by Gasteiger charge is 2.23. The van der Waals surface area contributed by atoms with Crippen LogP contribution < -0.4 is 10.2 Å². The second-order valence-electron chi connectivity index (χ2n) is 6.60. The summed E-state index contributed by atoms with van der Waals surface area (Å²) in [5.74, 6) is 0. The summed E-state index contributed by atoms with van der Waals surface area (Å²) in [6, 6.07) is 7.87. The molecule has 3 nitrogen and oxygen atoms in total. The smallest absolute Gasteiger partial charge is 0.0642 e. The zero-order valence-electron chi connectivity index (χ0n) is 13.1. The van der Waals surface area contributed by atoms with E-state index in [1.165, 1.54) is 37.8 Å². The molecule has 2 aliphatic rings. The van der Waals surface area contributed by atoms with Crippen molar-refractivity contribution in [3.63, 3.8) is 0 Å². The quantitative estimate of drug-likeness (QED) is 0.871. The molecule has 1 heterocycles. The summed E-state index contributed by atoms with van der Waals surface area (Å²) < 4.78 is 0. The molecule has 116 valence electrons. The highest BCUT2D eigenvalue weighted by atomic mass is 35.5. The van der Waals surface area contributed by atoms with Crippen LogP contribution in [0.15, 0.2) is 18.2 Å². The first kappa shape index (κ1) is 15.1. The summed E-state index contributed by atoms with van der Waals surface area (Å²) in [6.07, 6.45) is 5.25. The maximum atomic E-state index is 6.49. The van der Waals surface area contributed by atoms with Crippen molar-refractivity contribution in [3.05, 3.63) is 28.8 Å². The topological polar surface area (TPSA) is 18.5 Å². The summed E-state index contributed by atoms with van der Waals surface area (Å²) in [5.41, 5.74) is 2.43. The molecule has 4 heteroatoms. The molecular weight excluding hydrogens is 282 g/mol. The molecule has 0 amide bonds. The van der Waals surface area contributed by atoms with Gasteiger partial charge < -0.3 is 15.1 Å². The lowest BCUT2D eigenvalue weighted by atomic mass is 10.1. The monoisotopic (exact) mass is 307 g/mol. The largest absolute Gasteiger partial charge is 0.372 e. The molecule has 1 aromatic carbocycles. The second kappa shape index (κ2) is 6.55. The van der Waals surface area contributed by atoms with Crippen LogP contribution in [-0.2, 0) is 6.54 Å². The van der Waals surface area contributed by atoms with Crippen molar-refractivity contribution in [1.82, 2.24) is 10.2 Å². The lowest BCUT2D eigenvalue weighted by molar-refractivity contribution is 0.314. The van der Waals surface area contributed by atoms with Gasteiger partial charge in [0.2, 0.25) is 0 Å². The van der Waals surface area contributed by atoms with Gasteiger partial charge in [-0.2, -0.15) is 0 Å². The zero-order valence-corrected chi connectivity index (χ0v) is 13.9. The van der Waals surface area contributed by atoms with Crippen LogP contribution in [-0.4, -0.2) is 44.2 Å². The van der Waals surface area contributed by atoms with Gasteiger partial charge in [-0.1, -0.05) is 17.7 Å². The van der Waals surface area contributed by atoms with Crippen LogP contribution in [0.3, 0.4) is 0 Å². The third kappa shape index (κ3) is 3.91. The summed E-state index contributed by atoms with van der Waals surface area (Å²) in [5, 5.41) is 4.40. The molecule has 2 fully saturated rings. The number of anilines is 1. The van der Waals surface area contributed by atoms with Crippen LogP contribution in [0.5, 0.6) is 0 Å². The van der Waals surface area contributed by atoms with Gasteiger partial charge >= 0.3 is 0 Å². The Morgan fingerprint density at radius 2 is 2.14 bits per heavy atom. The van der Waals surface area contributed by atoms with Gasteiger partial charge in [0, 0.05) is 32.2 Å². The second-order valence-corrected chi connectivity index (χ2v) is 7.01. The van der Waals surface area contributed by atoms with Crippen molar-refractivity contribution < 1.29 is 0 Å². The fourth-order valence-corrected chi connectivity index (χ4v) is 3.49. The Hall–Kier alpha value is -0.770. The van der Waals surface area contributed by atoms with Crippen LogP contribution in [0.4, 0.5) is 5.69 Å². The Morgan fingerprint density at radius 1 is 1.33 bits per heavy atom. The SMILES string of the molecule is CN(CC1CCCN1C)c1ccc(CNC2CC2)cc1Cl. The van der Waals surface area contributed by atoms with E-state index >= 15 is 0 Å². The van der Waals surface area contributed by atoms with E-state index < -0.39 is 0 Å². The molecule has 0 aromatic heterocycles. The normalized spacial score (nSPS) is 22.7. The van der Waals surface area contributed by atoms with E-state index in [1.807, 2.05) is 0 Å². The first-order valence-electron chi connectivity index (χ1n) is 8.06. The van der Waals surface area contributed by atoms with Crippen molar-refractivity contribution in [3.8, 4) is 0 Å². The van der Waals surface area contributed by atoms with Gasteiger partial charge in [0.25, 0.3) is 0 Å². The van der Waals surface area contributed by atoms with E-state index in [4.69, 9.17) is 11.6 Å². The molecule has 1 saturated heterocycles. The van der Waals surface area contributed by atoms with Crippen molar-refractivity contribution >= 4 is 17.3 Å². The van der Waals surface area contributed by atoms with Gasteiger partial charge in [-0.15, -0.1) is 0 Å². The number of likely N-dealkylation sites (tertiary alicyclic amines) is 1. The van der Waals surface area contributed by atoms with Crippen LogP contribution in [0.25, 0.3) is 0 Å². The van der Waals surface area contributed by atoms with Gasteiger partial charge in [0.1, 0.15) is 0 Å². The van der Waals surface area contributed by atoms with Crippen molar-refractivity contribution in [2.45, 2.75) is 44.3 Å². The number of hydrogen-bond donors (Lipinski definition) is 1. The summed E-state index contributed by atoms with van der Waals surface area (Å²) in [4.78, 5) is 4.76. The van der Waals surface area contributed by atoms with Crippen molar-refractivity contribution in [1.29, 1.82) is 0 Å². The fourth-order valence-electron chi connectivity index (χ4n) is 3.14. The molecule has 1 aliphatic carbocycles. The minimum atomic E-state index is 0.655. The van der Waals surface area contributed by atoms with Crippen LogP contribution in [0.1, 0.15) is 31.2 Å². The third-order valence-electron chi connectivity index (χ3n) is 4.75. The minimum absolute atomic E-state index is 0.655. The molecule has 1 aromatic rings. The number of benzene rings is 1. The van der Waals surface area contributed by atoms with Crippen LogP contribution in [0, 0.1) is 0 Å². The number of nitrogens with one attached hydrogen (secondary N) is 1. The van der Waals surface area contributed by atoms with E-state index in [2.05, 4.69) is 47.4 Å². The van der Waals surface area contributed by atoms with Gasteiger partial charge in [0.05, 0.1) is 10.7 Å². The number of halogens is 1. The van der Waals surface area contributed by atoms with Crippen LogP contribution >= 0.6 is 11.6 Å². The predicted octanol–water partition coefficient (Wildman–Crippen LogP) is 3.12. The van der Waals surface area contributed by atoms with E-state index in [0.717, 1.165) is 29.8 Å². The first-order chi connectivity index (χ1) is 10.1. The average Bonchev–Trinajstić information content (AvgIpc) is 3.20. The first-order valence-corrected chi connectivity index (χ1v) is 8.44. The Balaban J connectivity index is 1.60. The van der Waals surface area contributed by atoms with Crippen molar-refractivity contribution in [2.24, 2.45) is 0 Å². The Kier molecular flexibility index (Phi) is 4.72. The van der Waals surface area contributed by atoms with Crippen LogP contribution in [0.2, 0.25) is 5.02 Å². The maximum absolute atomic E-state index is 6.49. The number of likely N-dealkylation sites (N-methyl/N-ethyl adjacent to an activating group) is 2. The molecule has 0 bridgehead atoms. The molecular formula is C17H26ClN3. The predicted molar refractivity (Wildman–Crippen MR) is 90.2 cm³/mol. The van der Waals surface area contributed by atoms with Gasteiger partial charge in [-0.3, -0.25) is 0 Å². The van der Waals surface area contributed by atoms with E-state index in [1.54, 1.807) is 0 Å². The fraction of sp³-hybridized carbons (Fsp3) is 0.647. The van der Waals surface area contributed by atoms with Gasteiger partial charge in [-0.25, -0.2) is 0 Å². The molecule has 0 radical (unpaired) electrons. The molecule has 1 aliphatic heterocycles. The van der Waals surface area contributed by atoms with E-state index in [9.17, 15) is 0 Å². The highest BCUT2D eigenvalue weighted by molar-refractivity contribution is 6.33. The molecule has 0 spiro atoms. The number of hydrogen-bond acceptors (Lipinski definition) is 3. The maximum Gasteiger partial charge on any atom is 0.0642 e. The summed E-state index contributed by atoms with van der Waals surface area (Å²) in [6.45, 7) is 3.20. The molecule has 1 N–H and O–H groups in total. The third-order valence-corrected chi connectivity index (χ3v) is 5.05. The lowest BCUT2D eigenvalue weighted by Gasteiger charge is -2.28. The highest BCUT2D eigenvalue weighted by Crippen LogP contribution is 2.28. The Bertz CT molecular complexity index is 487. The summed E-state index contributed by atoms with van der Waals surface area (Å²) >= 11 is 6.49. The standard InChI is InChI=1S/C17H26ClN3/c1-20-9-3-4-15(20)12-21(2)17-8-5-13(10-16(17)18)11-19-14-6-7-14/h5,8,10,14-15,19H,3-4,6-7,9,11-12H2,1-2H3. The lowest BCUT2D eigenvalue weighted by Crippen LogP contribution is -2.36. The summed E-state index contributed by atoms with van der Waals surface area (Å²) in [7, 11) is 4.37. The van der Waals surface area contributed by atoms with E-state index in [-0.39, 0.29) is 0 Å². The zero-order chi connectivity index (χ0) is 14.8. The van der Waals surface area contributed by atoms with E-state index in [0.29, 0.717) is 6.04 Å². The van der Waals surface area contributed by atoms with Gasteiger partial charge in [0.15, 0.2) is 0 Å². The average molecular weight is 308 g/mol. The molecule has 1 saturated carbocycles. The molecule has 1 atom stereocenters. The molecule has 1 unspecified atom stereocenters. The van der Waals surface area contributed by atoms with Crippen molar-refractivity contribution in [2.75, 3.05) is 32.1 Å². The number of nitrogens with zero attached hydrogens (tertiary/aromatic N) is 2. The Labute approximate surface area is 133 Å². The van der Waals surface area contributed by atoms with Gasteiger partial charge in [-0.05, 0) is 57.0 Å². The minimum Gasteiger partial charge on any atom is -0.372 e. The molecule has 3 rings (SSSR count). The molecule has 21 heavy (non-hydrogen) atoms. The number of rotatable bonds is 6. The Morgan fingerprint density at radius 3 is 2.76 bits per heavy atom.